The monoisotopic (exact) mass is 286 g/mol. The minimum Gasteiger partial charge on any atom is -0.394 e. The van der Waals surface area contributed by atoms with Crippen molar-refractivity contribution >= 4 is 11.8 Å². The zero-order valence-electron chi connectivity index (χ0n) is 12.5. The fourth-order valence-corrected chi connectivity index (χ4v) is 2.15. The van der Waals surface area contributed by atoms with Gasteiger partial charge >= 0.3 is 0 Å². The van der Waals surface area contributed by atoms with Gasteiger partial charge in [-0.15, -0.1) is 0 Å². The van der Waals surface area contributed by atoms with Gasteiger partial charge in [-0.05, 0) is 25.8 Å². The Morgan fingerprint density at radius 1 is 1.19 bits per heavy atom. The lowest BCUT2D eigenvalue weighted by Gasteiger charge is -2.18. The minimum atomic E-state index is -0.0730. The molecule has 0 spiro atoms. The Morgan fingerprint density at radius 3 is 2.62 bits per heavy atom. The smallest absolute Gasteiger partial charge is 0.224 e. The van der Waals surface area contributed by atoms with Crippen molar-refractivity contribution in [1.29, 1.82) is 0 Å². The van der Waals surface area contributed by atoms with Gasteiger partial charge in [0.2, 0.25) is 5.95 Å². The van der Waals surface area contributed by atoms with E-state index < -0.39 is 0 Å². The van der Waals surface area contributed by atoms with E-state index in [-0.39, 0.29) is 12.6 Å². The van der Waals surface area contributed by atoms with E-state index in [4.69, 9.17) is 0 Å². The molecule has 1 aromatic carbocycles. The number of anilines is 2. The third-order valence-electron chi connectivity index (χ3n) is 3.09. The van der Waals surface area contributed by atoms with Gasteiger partial charge in [-0.1, -0.05) is 30.3 Å². The third-order valence-corrected chi connectivity index (χ3v) is 3.09. The molecular weight excluding hydrogens is 264 g/mol. The average molecular weight is 286 g/mol. The van der Waals surface area contributed by atoms with E-state index in [0.29, 0.717) is 5.95 Å². The first-order valence-electron chi connectivity index (χ1n) is 7.22. The van der Waals surface area contributed by atoms with E-state index in [0.717, 1.165) is 24.5 Å². The molecule has 0 amide bonds. The molecule has 0 saturated heterocycles. The topological polar surface area (TPSA) is 70.1 Å². The van der Waals surface area contributed by atoms with Crippen LogP contribution in [0.3, 0.4) is 0 Å². The molecule has 0 aliphatic heterocycles. The minimum absolute atomic E-state index is 0.0501. The van der Waals surface area contributed by atoms with Gasteiger partial charge in [-0.25, -0.2) is 4.98 Å². The van der Waals surface area contributed by atoms with Gasteiger partial charge in [-0.2, -0.15) is 4.98 Å². The Balaban J connectivity index is 2.07. The number of nitrogens with one attached hydrogen (secondary N) is 2. The number of aryl methyl sites for hydroxylation is 1. The molecule has 0 radical (unpaired) electrons. The highest BCUT2D eigenvalue weighted by Gasteiger charge is 2.10. The molecule has 0 aliphatic rings. The first kappa shape index (κ1) is 15.3. The van der Waals surface area contributed by atoms with E-state index in [2.05, 4.69) is 32.7 Å². The molecule has 0 fully saturated rings. The lowest BCUT2D eigenvalue weighted by Crippen LogP contribution is -2.27. The molecule has 1 heterocycles. The van der Waals surface area contributed by atoms with Gasteiger partial charge in [0, 0.05) is 18.3 Å². The third kappa shape index (κ3) is 4.72. The summed E-state index contributed by atoms with van der Waals surface area (Å²) in [4.78, 5) is 8.72. The van der Waals surface area contributed by atoms with Crippen LogP contribution >= 0.6 is 0 Å². The highest BCUT2D eigenvalue weighted by Crippen LogP contribution is 2.12. The van der Waals surface area contributed by atoms with Gasteiger partial charge in [0.25, 0.3) is 0 Å². The van der Waals surface area contributed by atoms with Crippen LogP contribution in [-0.4, -0.2) is 34.3 Å². The number of benzene rings is 1. The van der Waals surface area contributed by atoms with Crippen molar-refractivity contribution in [2.24, 2.45) is 0 Å². The van der Waals surface area contributed by atoms with Crippen LogP contribution in [0.2, 0.25) is 0 Å². The summed E-state index contributed by atoms with van der Waals surface area (Å²) in [6, 6.07) is 11.9. The van der Waals surface area contributed by atoms with E-state index in [1.807, 2.05) is 38.1 Å². The maximum Gasteiger partial charge on any atom is 0.224 e. The largest absolute Gasteiger partial charge is 0.394 e. The Bertz CT molecular complexity index is 559. The first-order valence-corrected chi connectivity index (χ1v) is 7.22. The molecule has 0 bridgehead atoms. The second-order valence-corrected chi connectivity index (χ2v) is 4.96. The van der Waals surface area contributed by atoms with E-state index in [9.17, 15) is 5.11 Å². The first-order chi connectivity index (χ1) is 10.2. The number of nitrogens with zero attached hydrogens (tertiary/aromatic N) is 2. The molecular formula is C16H22N4O. The van der Waals surface area contributed by atoms with Crippen LogP contribution in [0.25, 0.3) is 0 Å². The maximum absolute atomic E-state index is 9.57. The number of aliphatic hydroxyl groups is 1. The Hall–Kier alpha value is -2.14. The average Bonchev–Trinajstić information content (AvgIpc) is 2.47. The molecule has 2 rings (SSSR count). The summed E-state index contributed by atoms with van der Waals surface area (Å²) in [6.07, 6.45) is 0.747. The van der Waals surface area contributed by atoms with Crippen LogP contribution in [0.5, 0.6) is 0 Å². The highest BCUT2D eigenvalue weighted by molar-refractivity contribution is 5.43. The molecule has 1 unspecified atom stereocenters. The van der Waals surface area contributed by atoms with Crippen LogP contribution in [0.1, 0.15) is 18.2 Å². The molecule has 1 atom stereocenters. The number of hydrogen-bond donors (Lipinski definition) is 3. The summed E-state index contributed by atoms with van der Waals surface area (Å²) >= 11 is 0. The SMILES string of the molecule is CCNc1nc(C)cc(NC(CO)Cc2ccccc2)n1. The Labute approximate surface area is 125 Å². The zero-order chi connectivity index (χ0) is 15.1. The van der Waals surface area contributed by atoms with Gasteiger partial charge in [0.15, 0.2) is 0 Å². The Morgan fingerprint density at radius 2 is 1.95 bits per heavy atom. The molecule has 112 valence electrons. The summed E-state index contributed by atoms with van der Waals surface area (Å²) < 4.78 is 0. The van der Waals surface area contributed by atoms with E-state index in [1.165, 1.54) is 5.56 Å². The van der Waals surface area contributed by atoms with Crippen LogP contribution < -0.4 is 10.6 Å². The molecule has 3 N–H and O–H groups in total. The summed E-state index contributed by atoms with van der Waals surface area (Å²) in [6.45, 7) is 4.76. The quantitative estimate of drug-likeness (QED) is 0.728. The van der Waals surface area contributed by atoms with Crippen LogP contribution in [-0.2, 0) is 6.42 Å². The summed E-state index contributed by atoms with van der Waals surface area (Å²) in [5.41, 5.74) is 2.07. The van der Waals surface area contributed by atoms with Crippen molar-refractivity contribution in [2.45, 2.75) is 26.3 Å². The lowest BCUT2D eigenvalue weighted by molar-refractivity contribution is 0.273. The van der Waals surface area contributed by atoms with Crippen molar-refractivity contribution in [1.82, 2.24) is 9.97 Å². The van der Waals surface area contributed by atoms with Crippen molar-refractivity contribution in [3.8, 4) is 0 Å². The Kier molecular flexibility index (Phi) is 5.51. The van der Waals surface area contributed by atoms with Crippen LogP contribution in [0, 0.1) is 6.92 Å². The van der Waals surface area contributed by atoms with E-state index in [1.54, 1.807) is 0 Å². The molecule has 21 heavy (non-hydrogen) atoms. The number of aromatic nitrogens is 2. The van der Waals surface area contributed by atoms with Gasteiger partial charge in [0.1, 0.15) is 5.82 Å². The maximum atomic E-state index is 9.57. The molecule has 5 nitrogen and oxygen atoms in total. The normalized spacial score (nSPS) is 12.0. The van der Waals surface area contributed by atoms with Crippen molar-refractivity contribution < 1.29 is 5.11 Å². The summed E-state index contributed by atoms with van der Waals surface area (Å²) in [5, 5.41) is 15.9. The predicted molar refractivity (Wildman–Crippen MR) is 85.6 cm³/mol. The summed E-state index contributed by atoms with van der Waals surface area (Å²) in [5.74, 6) is 1.34. The summed E-state index contributed by atoms with van der Waals surface area (Å²) in [7, 11) is 0. The standard InChI is InChI=1S/C16H22N4O/c1-3-17-16-18-12(2)9-15(20-16)19-14(11-21)10-13-7-5-4-6-8-13/h4-9,14,21H,3,10-11H2,1-2H3,(H2,17,18,19,20). The number of aliphatic hydroxyl groups excluding tert-OH is 1. The highest BCUT2D eigenvalue weighted by atomic mass is 16.3. The fourth-order valence-electron chi connectivity index (χ4n) is 2.15. The molecule has 5 heteroatoms. The molecule has 1 aromatic heterocycles. The second-order valence-electron chi connectivity index (χ2n) is 4.96. The van der Waals surface area contributed by atoms with Crippen LogP contribution in [0.4, 0.5) is 11.8 Å². The van der Waals surface area contributed by atoms with Crippen molar-refractivity contribution in [3.63, 3.8) is 0 Å². The van der Waals surface area contributed by atoms with E-state index >= 15 is 0 Å². The fraction of sp³-hybridized carbons (Fsp3) is 0.375. The van der Waals surface area contributed by atoms with Crippen LogP contribution in [0.15, 0.2) is 36.4 Å². The van der Waals surface area contributed by atoms with Gasteiger partial charge < -0.3 is 15.7 Å². The molecule has 0 aliphatic carbocycles. The van der Waals surface area contributed by atoms with Crippen molar-refractivity contribution in [3.05, 3.63) is 47.7 Å². The van der Waals surface area contributed by atoms with Crippen molar-refractivity contribution in [2.75, 3.05) is 23.8 Å². The number of hydrogen-bond acceptors (Lipinski definition) is 5. The predicted octanol–water partition coefficient (Wildman–Crippen LogP) is 2.23. The molecule has 0 saturated carbocycles. The zero-order valence-corrected chi connectivity index (χ0v) is 12.5. The lowest BCUT2D eigenvalue weighted by atomic mass is 10.1. The second kappa shape index (κ2) is 7.59. The number of rotatable bonds is 7. The van der Waals surface area contributed by atoms with Gasteiger partial charge in [0.05, 0.1) is 12.6 Å². The molecule has 2 aromatic rings. The van der Waals surface area contributed by atoms with Gasteiger partial charge in [-0.3, -0.25) is 0 Å².